The molecule has 5 heteroatoms. The van der Waals surface area contributed by atoms with Gasteiger partial charge in [-0.25, -0.2) is 4.98 Å². The van der Waals surface area contributed by atoms with Gasteiger partial charge >= 0.3 is 0 Å². The highest BCUT2D eigenvalue weighted by Crippen LogP contribution is 2.33. The Hall–Kier alpha value is -1.91. The molecule has 0 aliphatic rings. The maximum Gasteiger partial charge on any atom is 0.230 e. The molecule has 1 aromatic heterocycles. The van der Waals surface area contributed by atoms with E-state index in [1.807, 2.05) is 45.0 Å². The number of amides is 1. The van der Waals surface area contributed by atoms with E-state index in [4.69, 9.17) is 11.6 Å². The van der Waals surface area contributed by atoms with E-state index in [9.17, 15) is 4.79 Å². The Kier molecular flexibility index (Phi) is 4.37. The first-order chi connectivity index (χ1) is 10.9. The zero-order valence-corrected chi connectivity index (χ0v) is 14.8. The minimum absolute atomic E-state index is 0.0650. The summed E-state index contributed by atoms with van der Waals surface area (Å²) in [4.78, 5) is 16.8. The van der Waals surface area contributed by atoms with Crippen molar-refractivity contribution in [3.8, 4) is 0 Å². The average Bonchev–Trinajstić information content (AvgIpc) is 2.91. The molecule has 0 radical (unpaired) electrons. The summed E-state index contributed by atoms with van der Waals surface area (Å²) in [5, 5.41) is 4.14. The summed E-state index contributed by atoms with van der Waals surface area (Å²) in [5.74, 6) is -0.0650. The first-order valence-corrected chi connectivity index (χ1v) is 8.55. The number of fused-ring (bicyclic) bond motifs is 1. The number of nitrogens with one attached hydrogen (secondary N) is 1. The molecule has 3 aromatic rings. The number of aryl methyl sites for hydroxylation is 3. The van der Waals surface area contributed by atoms with E-state index in [0.717, 1.165) is 26.9 Å². The quantitative estimate of drug-likeness (QED) is 0.721. The molecule has 118 valence electrons. The monoisotopic (exact) mass is 344 g/mol. The lowest BCUT2D eigenvalue weighted by molar-refractivity contribution is -0.115. The van der Waals surface area contributed by atoms with Crippen LogP contribution >= 0.6 is 22.9 Å². The zero-order valence-electron chi connectivity index (χ0n) is 13.2. The molecular weight excluding hydrogens is 328 g/mol. The van der Waals surface area contributed by atoms with E-state index in [1.165, 1.54) is 16.9 Å². The fourth-order valence-electron chi connectivity index (χ4n) is 2.54. The first-order valence-electron chi connectivity index (χ1n) is 7.35. The summed E-state index contributed by atoms with van der Waals surface area (Å²) in [6, 6.07) is 9.91. The smallest absolute Gasteiger partial charge is 0.230 e. The SMILES string of the molecule is Cc1ccc(CC(=O)Nc2nc3c(C)ccc(Cl)c3s2)c(C)c1. The molecule has 0 atom stereocenters. The van der Waals surface area contributed by atoms with Gasteiger partial charge in [-0.1, -0.05) is 52.8 Å². The van der Waals surface area contributed by atoms with Gasteiger partial charge in [-0.3, -0.25) is 4.79 Å². The third kappa shape index (κ3) is 3.38. The Morgan fingerprint density at radius 2 is 1.96 bits per heavy atom. The highest BCUT2D eigenvalue weighted by atomic mass is 35.5. The van der Waals surface area contributed by atoms with Crippen molar-refractivity contribution in [3.63, 3.8) is 0 Å². The van der Waals surface area contributed by atoms with Crippen LogP contribution in [0.25, 0.3) is 10.2 Å². The Labute approximate surface area is 144 Å². The zero-order chi connectivity index (χ0) is 16.6. The van der Waals surface area contributed by atoms with Gasteiger partial charge in [0.25, 0.3) is 0 Å². The summed E-state index contributed by atoms with van der Waals surface area (Å²) in [7, 11) is 0. The molecule has 1 heterocycles. The predicted molar refractivity (Wildman–Crippen MR) is 97.6 cm³/mol. The summed E-state index contributed by atoms with van der Waals surface area (Å²) in [6.07, 6.45) is 0.342. The minimum atomic E-state index is -0.0650. The number of aromatic nitrogens is 1. The van der Waals surface area contributed by atoms with Gasteiger partial charge in [0, 0.05) is 0 Å². The molecule has 0 saturated carbocycles. The van der Waals surface area contributed by atoms with Crippen LogP contribution in [0.5, 0.6) is 0 Å². The van der Waals surface area contributed by atoms with Gasteiger partial charge in [-0.2, -0.15) is 0 Å². The van der Waals surface area contributed by atoms with Crippen molar-refractivity contribution in [1.82, 2.24) is 4.98 Å². The molecule has 3 nitrogen and oxygen atoms in total. The number of nitrogens with zero attached hydrogens (tertiary/aromatic N) is 1. The molecule has 23 heavy (non-hydrogen) atoms. The van der Waals surface area contributed by atoms with Gasteiger partial charge in [-0.05, 0) is 43.5 Å². The highest BCUT2D eigenvalue weighted by Gasteiger charge is 2.12. The van der Waals surface area contributed by atoms with Crippen LogP contribution in [0.1, 0.15) is 22.3 Å². The van der Waals surface area contributed by atoms with Crippen LogP contribution in [0, 0.1) is 20.8 Å². The second kappa shape index (κ2) is 6.30. The number of halogens is 1. The van der Waals surface area contributed by atoms with Crippen molar-refractivity contribution >= 4 is 44.2 Å². The van der Waals surface area contributed by atoms with Crippen molar-refractivity contribution in [2.75, 3.05) is 5.32 Å². The molecule has 0 fully saturated rings. The van der Waals surface area contributed by atoms with Crippen LogP contribution in [-0.4, -0.2) is 10.9 Å². The fraction of sp³-hybridized carbons (Fsp3) is 0.222. The first kappa shape index (κ1) is 16.0. The number of rotatable bonds is 3. The molecule has 1 N–H and O–H groups in total. The van der Waals surface area contributed by atoms with E-state index in [0.29, 0.717) is 16.6 Å². The molecule has 1 amide bonds. The standard InChI is InChI=1S/C18H17ClN2OS/c1-10-4-6-13(12(3)8-10)9-15(22)20-18-21-16-11(2)5-7-14(19)17(16)23-18/h4-8H,9H2,1-3H3,(H,20,21,22). The van der Waals surface area contributed by atoms with E-state index in [2.05, 4.69) is 16.4 Å². The number of hydrogen-bond acceptors (Lipinski definition) is 3. The molecular formula is C18H17ClN2OS. The van der Waals surface area contributed by atoms with Crippen LogP contribution in [0.3, 0.4) is 0 Å². The van der Waals surface area contributed by atoms with E-state index in [1.54, 1.807) is 0 Å². The number of carbonyl (C=O) groups excluding carboxylic acids is 1. The summed E-state index contributed by atoms with van der Waals surface area (Å²) < 4.78 is 0.911. The lowest BCUT2D eigenvalue weighted by Crippen LogP contribution is -2.14. The lowest BCUT2D eigenvalue weighted by atomic mass is 10.0. The Balaban J connectivity index is 1.80. The van der Waals surface area contributed by atoms with Crippen LogP contribution in [0.15, 0.2) is 30.3 Å². The van der Waals surface area contributed by atoms with E-state index < -0.39 is 0 Å². The van der Waals surface area contributed by atoms with Gasteiger partial charge in [0.15, 0.2) is 5.13 Å². The summed E-state index contributed by atoms with van der Waals surface area (Å²) in [6.45, 7) is 6.06. The number of hydrogen-bond donors (Lipinski definition) is 1. The van der Waals surface area contributed by atoms with Crippen molar-refractivity contribution in [2.24, 2.45) is 0 Å². The Morgan fingerprint density at radius 1 is 1.17 bits per heavy atom. The third-order valence-corrected chi connectivity index (χ3v) is 5.22. The van der Waals surface area contributed by atoms with E-state index >= 15 is 0 Å². The Bertz CT molecular complexity index is 862. The van der Waals surface area contributed by atoms with Crippen molar-refractivity contribution in [3.05, 3.63) is 57.6 Å². The van der Waals surface area contributed by atoms with Gasteiger partial charge in [0.2, 0.25) is 5.91 Å². The molecule has 0 spiro atoms. The minimum Gasteiger partial charge on any atom is -0.302 e. The van der Waals surface area contributed by atoms with E-state index in [-0.39, 0.29) is 5.91 Å². The Morgan fingerprint density at radius 3 is 2.65 bits per heavy atom. The molecule has 2 aromatic carbocycles. The second-order valence-electron chi connectivity index (χ2n) is 5.72. The summed E-state index contributed by atoms with van der Waals surface area (Å²) in [5.41, 5.74) is 5.26. The maximum absolute atomic E-state index is 12.3. The lowest BCUT2D eigenvalue weighted by Gasteiger charge is -2.06. The van der Waals surface area contributed by atoms with Crippen molar-refractivity contribution < 1.29 is 4.79 Å². The molecule has 0 bridgehead atoms. The molecule has 0 unspecified atom stereocenters. The number of thiazole rings is 1. The largest absolute Gasteiger partial charge is 0.302 e. The van der Waals surface area contributed by atoms with Gasteiger partial charge in [0.1, 0.15) is 0 Å². The third-order valence-electron chi connectivity index (χ3n) is 3.79. The van der Waals surface area contributed by atoms with Crippen LogP contribution < -0.4 is 5.32 Å². The summed E-state index contributed by atoms with van der Waals surface area (Å²) >= 11 is 7.61. The van der Waals surface area contributed by atoms with Crippen LogP contribution in [0.2, 0.25) is 5.02 Å². The highest BCUT2D eigenvalue weighted by molar-refractivity contribution is 7.23. The number of benzene rings is 2. The fourth-order valence-corrected chi connectivity index (χ4v) is 3.77. The number of carbonyl (C=O) groups is 1. The second-order valence-corrected chi connectivity index (χ2v) is 7.12. The molecule has 3 rings (SSSR count). The molecule has 0 saturated heterocycles. The van der Waals surface area contributed by atoms with Crippen molar-refractivity contribution in [1.29, 1.82) is 0 Å². The maximum atomic E-state index is 12.3. The predicted octanol–water partition coefficient (Wildman–Crippen LogP) is 5.06. The average molecular weight is 345 g/mol. The molecule has 0 aliphatic carbocycles. The number of anilines is 1. The van der Waals surface area contributed by atoms with Gasteiger partial charge < -0.3 is 5.32 Å². The topological polar surface area (TPSA) is 42.0 Å². The van der Waals surface area contributed by atoms with Gasteiger partial charge in [-0.15, -0.1) is 0 Å². The van der Waals surface area contributed by atoms with Crippen LogP contribution in [-0.2, 0) is 11.2 Å². The normalized spacial score (nSPS) is 11.0. The van der Waals surface area contributed by atoms with Crippen molar-refractivity contribution in [2.45, 2.75) is 27.2 Å². The van der Waals surface area contributed by atoms with Crippen LogP contribution in [0.4, 0.5) is 5.13 Å². The molecule has 0 aliphatic heterocycles. The van der Waals surface area contributed by atoms with Gasteiger partial charge in [0.05, 0.1) is 21.7 Å².